The lowest BCUT2D eigenvalue weighted by atomic mass is 10.2. The van der Waals surface area contributed by atoms with Gasteiger partial charge in [0.2, 0.25) is 0 Å². The Kier molecular flexibility index (Phi) is 4.28. The van der Waals surface area contributed by atoms with Gasteiger partial charge < -0.3 is 14.4 Å². The van der Waals surface area contributed by atoms with Crippen molar-refractivity contribution in [1.29, 1.82) is 0 Å². The van der Waals surface area contributed by atoms with Gasteiger partial charge in [-0.25, -0.2) is 9.18 Å². The van der Waals surface area contributed by atoms with Gasteiger partial charge in [-0.1, -0.05) is 18.2 Å². The van der Waals surface area contributed by atoms with Gasteiger partial charge in [0, 0.05) is 5.56 Å². The van der Waals surface area contributed by atoms with Crippen molar-refractivity contribution in [2.24, 2.45) is 0 Å². The summed E-state index contributed by atoms with van der Waals surface area (Å²) in [6, 6.07) is 6.43. The SMILES string of the molecule is CC(C)(C)OC(=O)N(Cc1ccccc1F)CC1CO1. The molecule has 5 heteroatoms. The number of benzene rings is 1. The Hall–Kier alpha value is -1.62. The number of amides is 1. The van der Waals surface area contributed by atoms with Crippen LogP contribution >= 0.6 is 0 Å². The lowest BCUT2D eigenvalue weighted by Crippen LogP contribution is -2.38. The molecule has 20 heavy (non-hydrogen) atoms. The first-order chi connectivity index (χ1) is 9.35. The minimum atomic E-state index is -0.574. The number of epoxide rings is 1. The zero-order valence-corrected chi connectivity index (χ0v) is 12.1. The maximum absolute atomic E-state index is 13.7. The fraction of sp³-hybridized carbons (Fsp3) is 0.533. The van der Waals surface area contributed by atoms with E-state index in [4.69, 9.17) is 9.47 Å². The minimum absolute atomic E-state index is 0.0364. The number of carbonyl (C=O) groups excluding carboxylic acids is 1. The van der Waals surface area contributed by atoms with Crippen molar-refractivity contribution in [2.75, 3.05) is 13.2 Å². The van der Waals surface area contributed by atoms with Gasteiger partial charge in [0.15, 0.2) is 0 Å². The Morgan fingerprint density at radius 2 is 2.10 bits per heavy atom. The van der Waals surface area contributed by atoms with E-state index in [-0.39, 0.29) is 18.5 Å². The van der Waals surface area contributed by atoms with Gasteiger partial charge in [-0.15, -0.1) is 0 Å². The van der Waals surface area contributed by atoms with E-state index in [9.17, 15) is 9.18 Å². The van der Waals surface area contributed by atoms with E-state index in [1.165, 1.54) is 11.0 Å². The molecule has 1 heterocycles. The largest absolute Gasteiger partial charge is 0.444 e. The lowest BCUT2D eigenvalue weighted by Gasteiger charge is -2.27. The highest BCUT2D eigenvalue weighted by Crippen LogP contribution is 2.18. The normalized spacial score (nSPS) is 17.7. The van der Waals surface area contributed by atoms with E-state index in [2.05, 4.69) is 0 Å². The quantitative estimate of drug-likeness (QED) is 0.797. The molecule has 1 fully saturated rings. The van der Waals surface area contributed by atoms with Crippen LogP contribution in [0.4, 0.5) is 9.18 Å². The number of hydrogen-bond donors (Lipinski definition) is 0. The maximum Gasteiger partial charge on any atom is 0.410 e. The molecule has 0 spiro atoms. The van der Waals surface area contributed by atoms with Crippen LogP contribution in [0.1, 0.15) is 26.3 Å². The van der Waals surface area contributed by atoms with Crippen LogP contribution < -0.4 is 0 Å². The van der Waals surface area contributed by atoms with Crippen LogP contribution in [0, 0.1) is 5.82 Å². The number of hydrogen-bond acceptors (Lipinski definition) is 3. The van der Waals surface area contributed by atoms with Crippen molar-refractivity contribution in [3.05, 3.63) is 35.6 Å². The molecule has 0 bridgehead atoms. The second-order valence-electron chi connectivity index (χ2n) is 5.91. The summed E-state index contributed by atoms with van der Waals surface area (Å²) in [5.41, 5.74) is -0.103. The average molecular weight is 281 g/mol. The fourth-order valence-electron chi connectivity index (χ4n) is 1.78. The van der Waals surface area contributed by atoms with Crippen LogP contribution in [0.2, 0.25) is 0 Å². The van der Waals surface area contributed by atoms with Gasteiger partial charge in [-0.3, -0.25) is 0 Å². The molecule has 0 saturated carbocycles. The standard InChI is InChI=1S/C15H20FNO3/c1-15(2,3)20-14(18)17(9-12-10-19-12)8-11-6-4-5-7-13(11)16/h4-7,12H,8-10H2,1-3H3. The summed E-state index contributed by atoms with van der Waals surface area (Å²) < 4.78 is 24.2. The summed E-state index contributed by atoms with van der Waals surface area (Å²) >= 11 is 0. The van der Waals surface area contributed by atoms with Gasteiger partial charge in [-0.2, -0.15) is 0 Å². The lowest BCUT2D eigenvalue weighted by molar-refractivity contribution is 0.0218. The van der Waals surface area contributed by atoms with Gasteiger partial charge in [0.25, 0.3) is 0 Å². The first-order valence-corrected chi connectivity index (χ1v) is 6.68. The second kappa shape index (κ2) is 5.79. The van der Waals surface area contributed by atoms with E-state index in [1.807, 2.05) is 0 Å². The van der Waals surface area contributed by atoms with Gasteiger partial charge >= 0.3 is 6.09 Å². The Labute approximate surface area is 118 Å². The first-order valence-electron chi connectivity index (χ1n) is 6.68. The zero-order valence-electron chi connectivity index (χ0n) is 12.1. The van der Waals surface area contributed by atoms with Crippen molar-refractivity contribution >= 4 is 6.09 Å². The zero-order chi connectivity index (χ0) is 14.8. The molecule has 0 aliphatic carbocycles. The molecule has 4 nitrogen and oxygen atoms in total. The number of halogens is 1. The number of nitrogens with zero attached hydrogens (tertiary/aromatic N) is 1. The Morgan fingerprint density at radius 3 is 2.65 bits per heavy atom. The van der Waals surface area contributed by atoms with Crippen molar-refractivity contribution in [2.45, 2.75) is 39.0 Å². The summed E-state index contributed by atoms with van der Waals surface area (Å²) in [5.74, 6) is -0.322. The Balaban J connectivity index is 2.07. The fourth-order valence-corrected chi connectivity index (χ4v) is 1.78. The first kappa shape index (κ1) is 14.8. The third kappa shape index (κ3) is 4.49. The highest BCUT2D eigenvalue weighted by molar-refractivity contribution is 5.68. The van der Waals surface area contributed by atoms with Crippen LogP contribution in [0.3, 0.4) is 0 Å². The maximum atomic E-state index is 13.7. The smallest absolute Gasteiger partial charge is 0.410 e. The molecule has 1 saturated heterocycles. The molecule has 1 amide bonds. The second-order valence-corrected chi connectivity index (χ2v) is 5.91. The summed E-state index contributed by atoms with van der Waals surface area (Å²) in [4.78, 5) is 13.7. The van der Waals surface area contributed by atoms with Gasteiger partial charge in [0.1, 0.15) is 11.4 Å². The minimum Gasteiger partial charge on any atom is -0.444 e. The third-order valence-electron chi connectivity index (χ3n) is 2.80. The Bertz CT molecular complexity index is 480. The van der Waals surface area contributed by atoms with Crippen LogP contribution in [0.15, 0.2) is 24.3 Å². The van der Waals surface area contributed by atoms with E-state index in [0.29, 0.717) is 18.7 Å². The summed E-state index contributed by atoms with van der Waals surface area (Å²) in [5, 5.41) is 0. The molecular weight excluding hydrogens is 261 g/mol. The van der Waals surface area contributed by atoms with Crippen LogP contribution in [-0.4, -0.2) is 35.8 Å². The molecule has 0 N–H and O–H groups in total. The molecule has 2 rings (SSSR count). The average Bonchev–Trinajstić information content (AvgIpc) is 3.12. The molecular formula is C15H20FNO3. The Morgan fingerprint density at radius 1 is 1.45 bits per heavy atom. The molecule has 0 aromatic heterocycles. The van der Waals surface area contributed by atoms with Crippen LogP contribution in [-0.2, 0) is 16.0 Å². The van der Waals surface area contributed by atoms with Crippen molar-refractivity contribution in [3.8, 4) is 0 Å². The van der Waals surface area contributed by atoms with Crippen molar-refractivity contribution < 1.29 is 18.7 Å². The summed E-state index contributed by atoms with van der Waals surface area (Å²) in [6.45, 7) is 6.65. The predicted octanol–water partition coefficient (Wildman–Crippen LogP) is 2.96. The molecule has 1 atom stereocenters. The van der Waals surface area contributed by atoms with E-state index >= 15 is 0 Å². The highest BCUT2D eigenvalue weighted by atomic mass is 19.1. The molecule has 1 aromatic carbocycles. The highest BCUT2D eigenvalue weighted by Gasteiger charge is 2.30. The van der Waals surface area contributed by atoms with E-state index in [1.54, 1.807) is 39.0 Å². The van der Waals surface area contributed by atoms with Gasteiger partial charge in [-0.05, 0) is 26.8 Å². The summed E-state index contributed by atoms with van der Waals surface area (Å²) in [6.07, 6.45) is -0.412. The molecule has 1 aliphatic rings. The van der Waals surface area contributed by atoms with E-state index < -0.39 is 11.7 Å². The topological polar surface area (TPSA) is 42.1 Å². The molecule has 1 aliphatic heterocycles. The predicted molar refractivity (Wildman–Crippen MR) is 72.8 cm³/mol. The third-order valence-corrected chi connectivity index (χ3v) is 2.80. The van der Waals surface area contributed by atoms with Gasteiger partial charge in [0.05, 0.1) is 25.8 Å². The number of carbonyl (C=O) groups is 1. The monoisotopic (exact) mass is 281 g/mol. The van der Waals surface area contributed by atoms with Crippen molar-refractivity contribution in [1.82, 2.24) is 4.90 Å². The summed E-state index contributed by atoms with van der Waals surface area (Å²) in [7, 11) is 0. The number of rotatable bonds is 4. The molecule has 1 aromatic rings. The van der Waals surface area contributed by atoms with Crippen LogP contribution in [0.5, 0.6) is 0 Å². The molecule has 0 radical (unpaired) electrons. The van der Waals surface area contributed by atoms with Crippen LogP contribution in [0.25, 0.3) is 0 Å². The van der Waals surface area contributed by atoms with E-state index in [0.717, 1.165) is 0 Å². The number of ether oxygens (including phenoxy) is 2. The molecule has 110 valence electrons. The molecule has 1 unspecified atom stereocenters. The van der Waals surface area contributed by atoms with Crippen molar-refractivity contribution in [3.63, 3.8) is 0 Å².